The van der Waals surface area contributed by atoms with Crippen molar-refractivity contribution in [3.05, 3.63) is 35.9 Å². The van der Waals surface area contributed by atoms with Crippen LogP contribution in [0.3, 0.4) is 0 Å². The zero-order valence-electron chi connectivity index (χ0n) is 11.3. The molecule has 0 amide bonds. The van der Waals surface area contributed by atoms with Crippen LogP contribution in [0.1, 0.15) is 25.3 Å². The monoisotopic (exact) mass is 274 g/mol. The van der Waals surface area contributed by atoms with Crippen LogP contribution >= 0.6 is 11.8 Å². The zero-order chi connectivity index (χ0) is 13.8. The quantitative estimate of drug-likeness (QED) is 0.658. The minimum absolute atomic E-state index is 0.473. The molecule has 0 atom stereocenters. The van der Waals surface area contributed by atoms with E-state index in [1.807, 2.05) is 18.4 Å². The smallest absolute Gasteiger partial charge is 0.191 e. The van der Waals surface area contributed by atoms with Crippen molar-refractivity contribution in [1.29, 1.82) is 0 Å². The molecule has 1 heterocycles. The number of benzene rings is 1. The van der Waals surface area contributed by atoms with E-state index >= 15 is 0 Å². The Bertz CT molecular complexity index is 552. The second-order valence-electron chi connectivity index (χ2n) is 4.57. The maximum absolute atomic E-state index is 5.75. The fourth-order valence-electron chi connectivity index (χ4n) is 1.70. The molecule has 2 aromatic rings. The molecule has 1 aromatic carbocycles. The third kappa shape index (κ3) is 3.61. The van der Waals surface area contributed by atoms with Gasteiger partial charge in [0.15, 0.2) is 5.16 Å². The third-order valence-electron chi connectivity index (χ3n) is 2.76. The van der Waals surface area contributed by atoms with Crippen LogP contribution < -0.4 is 11.1 Å². The lowest BCUT2D eigenvalue weighted by Gasteiger charge is -2.09. The molecule has 0 unspecified atom stereocenters. The summed E-state index contributed by atoms with van der Waals surface area (Å²) >= 11 is 1.47. The van der Waals surface area contributed by atoms with Crippen LogP contribution in [0.4, 0.5) is 17.3 Å². The van der Waals surface area contributed by atoms with Gasteiger partial charge in [0.25, 0.3) is 0 Å². The maximum atomic E-state index is 5.75. The van der Waals surface area contributed by atoms with Gasteiger partial charge in [0.1, 0.15) is 11.6 Å². The van der Waals surface area contributed by atoms with Gasteiger partial charge in [-0.25, -0.2) is 9.97 Å². The number of nitrogens with two attached hydrogens (primary N) is 1. The fourth-order valence-corrected chi connectivity index (χ4v) is 2.08. The van der Waals surface area contributed by atoms with Gasteiger partial charge < -0.3 is 11.1 Å². The van der Waals surface area contributed by atoms with Gasteiger partial charge in [-0.2, -0.15) is 0 Å². The summed E-state index contributed by atoms with van der Waals surface area (Å²) in [5.74, 6) is 1.72. The number of hydrogen-bond donors (Lipinski definition) is 2. The highest BCUT2D eigenvalue weighted by atomic mass is 32.2. The van der Waals surface area contributed by atoms with Crippen molar-refractivity contribution in [2.75, 3.05) is 17.3 Å². The lowest BCUT2D eigenvalue weighted by atomic mass is 10.0. The number of nitrogens with zero attached hydrogens (tertiary/aromatic N) is 2. The van der Waals surface area contributed by atoms with Crippen molar-refractivity contribution in [3.63, 3.8) is 0 Å². The van der Waals surface area contributed by atoms with Crippen molar-refractivity contribution in [1.82, 2.24) is 9.97 Å². The van der Waals surface area contributed by atoms with E-state index in [0.717, 1.165) is 5.69 Å². The molecule has 0 radical (unpaired) electrons. The van der Waals surface area contributed by atoms with E-state index < -0.39 is 0 Å². The van der Waals surface area contributed by atoms with Gasteiger partial charge in [-0.15, -0.1) is 0 Å². The van der Waals surface area contributed by atoms with Gasteiger partial charge in [-0.1, -0.05) is 37.7 Å². The molecule has 0 saturated carbocycles. The molecular weight excluding hydrogens is 256 g/mol. The first-order valence-corrected chi connectivity index (χ1v) is 7.36. The lowest BCUT2D eigenvalue weighted by molar-refractivity contribution is 0.867. The third-order valence-corrected chi connectivity index (χ3v) is 3.31. The lowest BCUT2D eigenvalue weighted by Crippen LogP contribution is -2.00. The Balaban J connectivity index is 2.18. The minimum Gasteiger partial charge on any atom is -0.383 e. The van der Waals surface area contributed by atoms with E-state index in [-0.39, 0.29) is 0 Å². The Morgan fingerprint density at radius 2 is 1.84 bits per heavy atom. The van der Waals surface area contributed by atoms with Gasteiger partial charge >= 0.3 is 0 Å². The van der Waals surface area contributed by atoms with E-state index in [2.05, 4.69) is 41.3 Å². The average molecular weight is 274 g/mol. The summed E-state index contributed by atoms with van der Waals surface area (Å²) < 4.78 is 0. The molecule has 0 saturated heterocycles. The van der Waals surface area contributed by atoms with Crippen molar-refractivity contribution in [2.24, 2.45) is 0 Å². The Morgan fingerprint density at radius 3 is 2.42 bits per heavy atom. The van der Waals surface area contributed by atoms with E-state index in [0.29, 0.717) is 22.7 Å². The summed E-state index contributed by atoms with van der Waals surface area (Å²) in [4.78, 5) is 8.49. The standard InChI is InChI=1S/C14H18N4S/c1-9(2)10-4-6-11(7-5-10)16-13-8-12(15)17-14(18-13)19-3/h4-9H,1-3H3,(H3,15,16,17,18). The van der Waals surface area contributed by atoms with Crippen LogP contribution in [0.5, 0.6) is 0 Å². The zero-order valence-corrected chi connectivity index (χ0v) is 12.2. The second-order valence-corrected chi connectivity index (χ2v) is 5.34. The van der Waals surface area contributed by atoms with Crippen LogP contribution in [0, 0.1) is 0 Å². The summed E-state index contributed by atoms with van der Waals surface area (Å²) in [6.45, 7) is 4.36. The van der Waals surface area contributed by atoms with E-state index in [9.17, 15) is 0 Å². The highest BCUT2D eigenvalue weighted by Gasteiger charge is 2.03. The molecule has 19 heavy (non-hydrogen) atoms. The van der Waals surface area contributed by atoms with E-state index in [1.54, 1.807) is 6.07 Å². The predicted octanol–water partition coefficient (Wildman–Crippen LogP) is 3.65. The molecule has 4 nitrogen and oxygen atoms in total. The Labute approximate surface area is 117 Å². The molecule has 0 spiro atoms. The average Bonchev–Trinajstić information content (AvgIpc) is 2.38. The van der Waals surface area contributed by atoms with Crippen molar-refractivity contribution in [3.8, 4) is 0 Å². The number of nitrogen functional groups attached to an aromatic ring is 1. The molecule has 0 bridgehead atoms. The van der Waals surface area contributed by atoms with Gasteiger partial charge in [0, 0.05) is 11.8 Å². The van der Waals surface area contributed by atoms with Crippen LogP contribution in [-0.2, 0) is 0 Å². The Morgan fingerprint density at radius 1 is 1.16 bits per heavy atom. The molecule has 0 aliphatic carbocycles. The Hall–Kier alpha value is -1.75. The molecule has 0 fully saturated rings. The number of anilines is 3. The van der Waals surface area contributed by atoms with Gasteiger partial charge in [-0.05, 0) is 29.9 Å². The van der Waals surface area contributed by atoms with Gasteiger partial charge in [0.2, 0.25) is 0 Å². The first-order valence-electron chi connectivity index (χ1n) is 6.14. The maximum Gasteiger partial charge on any atom is 0.191 e. The SMILES string of the molecule is CSc1nc(N)cc(Nc2ccc(C(C)C)cc2)n1. The first-order chi connectivity index (χ1) is 9.08. The number of thioether (sulfide) groups is 1. The fraction of sp³-hybridized carbons (Fsp3) is 0.286. The summed E-state index contributed by atoms with van der Waals surface area (Å²) in [6, 6.07) is 10.1. The van der Waals surface area contributed by atoms with Gasteiger partial charge in [0.05, 0.1) is 0 Å². The van der Waals surface area contributed by atoms with Gasteiger partial charge in [-0.3, -0.25) is 0 Å². The van der Waals surface area contributed by atoms with Crippen LogP contribution in [0.25, 0.3) is 0 Å². The largest absolute Gasteiger partial charge is 0.383 e. The predicted molar refractivity (Wildman–Crippen MR) is 82.0 cm³/mol. The molecular formula is C14H18N4S. The highest BCUT2D eigenvalue weighted by molar-refractivity contribution is 7.98. The van der Waals surface area contributed by atoms with E-state index in [4.69, 9.17) is 5.73 Å². The topological polar surface area (TPSA) is 63.8 Å². The Kier molecular flexibility index (Phi) is 4.27. The molecule has 1 aromatic heterocycles. The number of rotatable bonds is 4. The normalized spacial score (nSPS) is 10.7. The summed E-state index contributed by atoms with van der Waals surface area (Å²) in [5.41, 5.74) is 8.06. The second kappa shape index (κ2) is 5.93. The van der Waals surface area contributed by atoms with Crippen LogP contribution in [0.15, 0.2) is 35.5 Å². The molecule has 0 aliphatic heterocycles. The number of aromatic nitrogens is 2. The summed E-state index contributed by atoms with van der Waals surface area (Å²) in [7, 11) is 0. The number of nitrogens with one attached hydrogen (secondary N) is 1. The van der Waals surface area contributed by atoms with Crippen molar-refractivity contribution < 1.29 is 0 Å². The molecule has 3 N–H and O–H groups in total. The van der Waals surface area contributed by atoms with Crippen LogP contribution in [-0.4, -0.2) is 16.2 Å². The minimum atomic E-state index is 0.473. The molecule has 0 aliphatic rings. The van der Waals surface area contributed by atoms with Crippen molar-refractivity contribution >= 4 is 29.1 Å². The first kappa shape index (κ1) is 13.7. The number of hydrogen-bond acceptors (Lipinski definition) is 5. The van der Waals surface area contributed by atoms with Crippen molar-refractivity contribution in [2.45, 2.75) is 24.9 Å². The van der Waals surface area contributed by atoms with E-state index in [1.165, 1.54) is 17.3 Å². The molecule has 5 heteroatoms. The summed E-state index contributed by atoms with van der Waals surface area (Å²) in [6.07, 6.45) is 1.93. The highest BCUT2D eigenvalue weighted by Crippen LogP contribution is 2.21. The van der Waals surface area contributed by atoms with Crippen LogP contribution in [0.2, 0.25) is 0 Å². The summed E-state index contributed by atoms with van der Waals surface area (Å²) in [5, 5.41) is 3.91. The molecule has 100 valence electrons. The molecule has 2 rings (SSSR count).